The largest absolute Gasteiger partial charge is 0.508 e. The third kappa shape index (κ3) is 6.69. The van der Waals surface area contributed by atoms with Gasteiger partial charge in [-0.2, -0.15) is 0 Å². The zero-order chi connectivity index (χ0) is 24.5. The lowest BCUT2D eigenvalue weighted by Crippen LogP contribution is -2.28. The van der Waals surface area contributed by atoms with Crippen molar-refractivity contribution in [3.8, 4) is 5.75 Å². The second kappa shape index (κ2) is 12.4. The summed E-state index contributed by atoms with van der Waals surface area (Å²) in [5.74, 6) is -0.674. The molecule has 0 bridgehead atoms. The number of anilines is 1. The van der Waals surface area contributed by atoms with Gasteiger partial charge in [0.2, 0.25) is 0 Å². The minimum atomic E-state index is -0.922. The Morgan fingerprint density at radius 3 is 2.65 bits per heavy atom. The van der Waals surface area contributed by atoms with Crippen molar-refractivity contribution in [2.24, 2.45) is 0 Å². The van der Waals surface area contributed by atoms with E-state index in [0.29, 0.717) is 24.1 Å². The Labute approximate surface area is 210 Å². The molecule has 34 heavy (non-hydrogen) atoms. The van der Waals surface area contributed by atoms with Gasteiger partial charge in [0.15, 0.2) is 6.10 Å². The molecule has 8 nitrogen and oxygen atoms in total. The first kappa shape index (κ1) is 25.5. The van der Waals surface area contributed by atoms with Gasteiger partial charge in [-0.25, -0.2) is 10.3 Å². The van der Waals surface area contributed by atoms with E-state index in [4.69, 9.17) is 14.7 Å². The number of carbonyl (C=O) groups excluding carboxylic acids is 2. The summed E-state index contributed by atoms with van der Waals surface area (Å²) in [4.78, 5) is 24.1. The molecule has 178 valence electrons. The summed E-state index contributed by atoms with van der Waals surface area (Å²) in [7, 11) is 1.48. The smallest absolute Gasteiger partial charge is 0.412 e. The number of amides is 2. The molecule has 3 rings (SSSR count). The highest BCUT2D eigenvalue weighted by molar-refractivity contribution is 14.1. The van der Waals surface area contributed by atoms with Crippen LogP contribution in [0.3, 0.4) is 0 Å². The van der Waals surface area contributed by atoms with Crippen molar-refractivity contribution < 1.29 is 29.4 Å². The van der Waals surface area contributed by atoms with Crippen LogP contribution in [0.5, 0.6) is 5.75 Å². The number of carbonyl (C=O) groups is 2. The van der Waals surface area contributed by atoms with E-state index in [9.17, 15) is 14.7 Å². The Morgan fingerprint density at radius 1 is 1.12 bits per heavy atom. The third-order valence-corrected chi connectivity index (χ3v) is 5.87. The highest BCUT2D eigenvalue weighted by atomic mass is 127. The van der Waals surface area contributed by atoms with Crippen LogP contribution in [0.25, 0.3) is 10.8 Å². The number of hydroxylamine groups is 1. The van der Waals surface area contributed by atoms with Gasteiger partial charge in [-0.05, 0) is 65.1 Å². The first-order valence-corrected chi connectivity index (χ1v) is 11.6. The van der Waals surface area contributed by atoms with Crippen LogP contribution in [0.4, 0.5) is 10.5 Å². The maximum Gasteiger partial charge on any atom is 0.412 e. The first-order chi connectivity index (χ1) is 16.4. The molecule has 2 amide bonds. The van der Waals surface area contributed by atoms with Crippen LogP contribution >= 0.6 is 22.6 Å². The summed E-state index contributed by atoms with van der Waals surface area (Å²) in [6.45, 7) is 0. The molecule has 0 unspecified atom stereocenters. The molecule has 3 aromatic carbocycles. The fraction of sp³-hybridized carbons (Fsp3) is 0.200. The fourth-order valence-electron chi connectivity index (χ4n) is 3.56. The summed E-state index contributed by atoms with van der Waals surface area (Å²) in [6, 6.07) is 18.2. The normalized spacial score (nSPS) is 12.9. The van der Waals surface area contributed by atoms with Crippen molar-refractivity contribution in [2.75, 3.05) is 12.4 Å². The molecule has 0 aliphatic rings. The van der Waals surface area contributed by atoms with E-state index in [2.05, 4.69) is 27.9 Å². The molecule has 0 aliphatic carbocycles. The van der Waals surface area contributed by atoms with E-state index in [1.807, 2.05) is 36.4 Å². The minimum Gasteiger partial charge on any atom is -0.508 e. The standard InChI is InChI=1S/C25H25IN2O6/c1-33-22(11-4-5-12-23(30)28-32)24(19-15-17(26)13-14-21(19)29)34-25(31)27-20-10-6-8-16-7-2-3-9-18(16)20/h2-3,5-10,12-15,22,24,29,32H,4,11H2,1H3,(H,27,31)(H,28,30)/b12-5+/t22-,24-/m1/s1. The van der Waals surface area contributed by atoms with Gasteiger partial charge in [-0.15, -0.1) is 0 Å². The number of phenols is 1. The van der Waals surface area contributed by atoms with Crippen molar-refractivity contribution >= 4 is 51.1 Å². The quantitative estimate of drug-likeness (QED) is 0.119. The van der Waals surface area contributed by atoms with Gasteiger partial charge in [-0.3, -0.25) is 15.3 Å². The summed E-state index contributed by atoms with van der Waals surface area (Å²) in [5.41, 5.74) is 2.53. The van der Waals surface area contributed by atoms with Gasteiger partial charge in [-0.1, -0.05) is 42.5 Å². The van der Waals surface area contributed by atoms with Crippen LogP contribution < -0.4 is 10.8 Å². The monoisotopic (exact) mass is 576 g/mol. The van der Waals surface area contributed by atoms with Crippen molar-refractivity contribution in [3.05, 3.63) is 81.9 Å². The molecule has 0 heterocycles. The molecule has 0 spiro atoms. The highest BCUT2D eigenvalue weighted by Crippen LogP contribution is 2.34. The Bertz CT molecular complexity index is 1180. The Balaban J connectivity index is 1.84. The number of rotatable bonds is 9. The molecule has 9 heteroatoms. The number of halogens is 1. The summed E-state index contributed by atoms with van der Waals surface area (Å²) in [6.07, 6.45) is 1.30. The molecule has 0 radical (unpaired) electrons. The first-order valence-electron chi connectivity index (χ1n) is 10.5. The van der Waals surface area contributed by atoms with Gasteiger partial charge in [0.05, 0.1) is 11.8 Å². The van der Waals surface area contributed by atoms with E-state index in [1.54, 1.807) is 24.3 Å². The van der Waals surface area contributed by atoms with Gasteiger partial charge in [0.25, 0.3) is 5.91 Å². The van der Waals surface area contributed by atoms with E-state index in [1.165, 1.54) is 24.7 Å². The number of fused-ring (bicyclic) bond motifs is 1. The number of hydrogen-bond acceptors (Lipinski definition) is 6. The van der Waals surface area contributed by atoms with E-state index in [0.717, 1.165) is 14.3 Å². The number of benzene rings is 3. The van der Waals surface area contributed by atoms with Crippen LogP contribution in [-0.2, 0) is 14.3 Å². The molecule has 2 atom stereocenters. The lowest BCUT2D eigenvalue weighted by atomic mass is 9.99. The van der Waals surface area contributed by atoms with E-state index < -0.39 is 24.2 Å². The van der Waals surface area contributed by atoms with Crippen LogP contribution in [-0.4, -0.2) is 35.5 Å². The average molecular weight is 576 g/mol. The number of methoxy groups -OCH3 is 1. The van der Waals surface area contributed by atoms with Crippen LogP contribution in [0.1, 0.15) is 24.5 Å². The van der Waals surface area contributed by atoms with E-state index >= 15 is 0 Å². The topological polar surface area (TPSA) is 117 Å². The summed E-state index contributed by atoms with van der Waals surface area (Å²) >= 11 is 2.11. The van der Waals surface area contributed by atoms with Crippen LogP contribution in [0.15, 0.2) is 72.8 Å². The molecular weight excluding hydrogens is 551 g/mol. The lowest BCUT2D eigenvalue weighted by Gasteiger charge is -2.27. The van der Waals surface area contributed by atoms with Crippen molar-refractivity contribution in [2.45, 2.75) is 25.0 Å². The van der Waals surface area contributed by atoms with Crippen molar-refractivity contribution in [1.82, 2.24) is 5.48 Å². The summed E-state index contributed by atoms with van der Waals surface area (Å²) < 4.78 is 12.3. The number of phenolic OH excluding ortho intramolecular Hbond substituents is 1. The van der Waals surface area contributed by atoms with Gasteiger partial charge in [0, 0.05) is 27.7 Å². The SMILES string of the molecule is CO[C@H](CC/C=C/C(=O)NO)[C@H](OC(=O)Nc1cccc2ccccc12)c1cc(I)ccc1O. The van der Waals surface area contributed by atoms with Crippen LogP contribution in [0.2, 0.25) is 0 Å². The maximum atomic E-state index is 12.9. The molecule has 0 aromatic heterocycles. The summed E-state index contributed by atoms with van der Waals surface area (Å²) in [5, 5.41) is 23.7. The van der Waals surface area contributed by atoms with Gasteiger partial charge >= 0.3 is 6.09 Å². The third-order valence-electron chi connectivity index (χ3n) is 5.19. The molecule has 4 N–H and O–H groups in total. The molecule has 0 saturated carbocycles. The average Bonchev–Trinajstić information content (AvgIpc) is 2.84. The van der Waals surface area contributed by atoms with E-state index in [-0.39, 0.29) is 5.75 Å². The number of aromatic hydroxyl groups is 1. The molecular formula is C25H25IN2O6. The van der Waals surface area contributed by atoms with Gasteiger partial charge < -0.3 is 14.6 Å². The maximum absolute atomic E-state index is 12.9. The fourth-order valence-corrected chi connectivity index (χ4v) is 4.08. The van der Waals surface area contributed by atoms with Crippen molar-refractivity contribution in [3.63, 3.8) is 0 Å². The van der Waals surface area contributed by atoms with Crippen LogP contribution in [0, 0.1) is 3.57 Å². The zero-order valence-corrected chi connectivity index (χ0v) is 20.6. The Morgan fingerprint density at radius 2 is 1.88 bits per heavy atom. The number of nitrogens with one attached hydrogen (secondary N) is 2. The number of allylic oxidation sites excluding steroid dienone is 1. The predicted octanol–water partition coefficient (Wildman–Crippen LogP) is 5.30. The second-order valence-corrected chi connectivity index (χ2v) is 8.66. The van der Waals surface area contributed by atoms with Crippen molar-refractivity contribution in [1.29, 1.82) is 0 Å². The highest BCUT2D eigenvalue weighted by Gasteiger charge is 2.29. The molecule has 3 aromatic rings. The molecule has 0 aliphatic heterocycles. The number of hydrogen-bond donors (Lipinski definition) is 4. The Hall–Kier alpha value is -3.15. The molecule has 0 fully saturated rings. The second-order valence-electron chi connectivity index (χ2n) is 7.41. The lowest BCUT2D eigenvalue weighted by molar-refractivity contribution is -0.124. The minimum absolute atomic E-state index is 0.0272. The van der Waals surface area contributed by atoms with Gasteiger partial charge in [0.1, 0.15) is 5.75 Å². The predicted molar refractivity (Wildman–Crippen MR) is 137 cm³/mol. The Kier molecular flexibility index (Phi) is 9.25. The zero-order valence-electron chi connectivity index (χ0n) is 18.4. The molecule has 0 saturated heterocycles. The number of ether oxygens (including phenoxy) is 2.